The van der Waals surface area contributed by atoms with E-state index < -0.39 is 11.8 Å². The fourth-order valence-electron chi connectivity index (χ4n) is 2.81. The number of ether oxygens (including phenoxy) is 2. The molecular weight excluding hydrogens is 536 g/mol. The van der Waals surface area contributed by atoms with E-state index >= 15 is 0 Å². The van der Waals surface area contributed by atoms with Crippen molar-refractivity contribution in [3.05, 3.63) is 62.0 Å². The SMILES string of the molecule is COc1cc(C=C2C(=O)N(C)C(=S)N(C)C2=O)c(Br)cc1OCc1ccc(Br)cc1. The van der Waals surface area contributed by atoms with E-state index in [4.69, 9.17) is 21.7 Å². The van der Waals surface area contributed by atoms with Gasteiger partial charge in [0.1, 0.15) is 12.2 Å². The zero-order valence-corrected chi connectivity index (χ0v) is 20.4. The van der Waals surface area contributed by atoms with Crippen LogP contribution in [0.2, 0.25) is 0 Å². The number of amides is 2. The molecule has 1 aliphatic heterocycles. The average molecular weight is 554 g/mol. The fraction of sp³-hybridized carbons (Fsp3) is 0.190. The highest BCUT2D eigenvalue weighted by atomic mass is 79.9. The summed E-state index contributed by atoms with van der Waals surface area (Å²) in [6.45, 7) is 0.362. The molecule has 6 nitrogen and oxygen atoms in total. The Morgan fingerprint density at radius 3 is 2.17 bits per heavy atom. The normalized spacial score (nSPS) is 14.3. The Balaban J connectivity index is 1.90. The molecule has 9 heteroatoms. The molecule has 30 heavy (non-hydrogen) atoms. The standard InChI is InChI=1S/C21H18Br2N2O4S/c1-24-19(26)15(20(27)25(2)21(24)30)8-13-9-17(28-3)18(10-16(13)23)29-11-12-4-6-14(22)7-5-12/h4-10H,11H2,1-3H3. The third-order valence-corrected chi connectivity index (χ3v) is 6.30. The Hall–Kier alpha value is -2.23. The average Bonchev–Trinajstić information content (AvgIpc) is 2.74. The summed E-state index contributed by atoms with van der Waals surface area (Å²) in [7, 11) is 4.61. The molecule has 2 amide bonds. The van der Waals surface area contributed by atoms with Crippen molar-refractivity contribution in [3.63, 3.8) is 0 Å². The number of thiocarbonyl (C=S) groups is 1. The smallest absolute Gasteiger partial charge is 0.265 e. The van der Waals surface area contributed by atoms with Crippen LogP contribution in [0.15, 0.2) is 50.9 Å². The second kappa shape index (κ2) is 9.28. The van der Waals surface area contributed by atoms with Crippen molar-refractivity contribution in [1.29, 1.82) is 0 Å². The van der Waals surface area contributed by atoms with Gasteiger partial charge in [0.25, 0.3) is 11.8 Å². The van der Waals surface area contributed by atoms with Crippen LogP contribution in [0, 0.1) is 0 Å². The molecule has 0 N–H and O–H groups in total. The summed E-state index contributed by atoms with van der Waals surface area (Å²) in [5.74, 6) is 0.107. The van der Waals surface area contributed by atoms with E-state index in [-0.39, 0.29) is 10.7 Å². The minimum atomic E-state index is -0.454. The highest BCUT2D eigenvalue weighted by Gasteiger charge is 2.35. The monoisotopic (exact) mass is 552 g/mol. The predicted molar refractivity (Wildman–Crippen MR) is 125 cm³/mol. The number of rotatable bonds is 5. The summed E-state index contributed by atoms with van der Waals surface area (Å²) < 4.78 is 13.0. The second-order valence-corrected chi connectivity index (χ2v) is 8.64. The number of benzene rings is 2. The summed E-state index contributed by atoms with van der Waals surface area (Å²) >= 11 is 12.0. The third-order valence-electron chi connectivity index (χ3n) is 4.53. The van der Waals surface area contributed by atoms with Crippen molar-refractivity contribution in [2.45, 2.75) is 6.61 Å². The van der Waals surface area contributed by atoms with Gasteiger partial charge in [-0.2, -0.15) is 0 Å². The maximum Gasteiger partial charge on any atom is 0.265 e. The van der Waals surface area contributed by atoms with Gasteiger partial charge in [-0.15, -0.1) is 0 Å². The van der Waals surface area contributed by atoms with Crippen molar-refractivity contribution < 1.29 is 19.1 Å². The lowest BCUT2D eigenvalue weighted by Crippen LogP contribution is -2.52. The molecule has 0 unspecified atom stereocenters. The van der Waals surface area contributed by atoms with Crippen LogP contribution in [0.4, 0.5) is 0 Å². The zero-order valence-electron chi connectivity index (χ0n) is 16.4. The maximum absolute atomic E-state index is 12.6. The molecule has 3 rings (SSSR count). The Bertz CT molecular complexity index is 1030. The number of methoxy groups -OCH3 is 1. The molecule has 2 aromatic rings. The lowest BCUT2D eigenvalue weighted by atomic mass is 10.1. The molecular formula is C21H18Br2N2O4S. The first kappa shape index (κ1) is 22.5. The molecule has 0 aliphatic carbocycles. The number of halogens is 2. The number of hydrogen-bond acceptors (Lipinski definition) is 5. The molecule has 1 fully saturated rings. The van der Waals surface area contributed by atoms with Gasteiger partial charge in [-0.05, 0) is 53.7 Å². The Kier molecular flexibility index (Phi) is 6.95. The first-order chi connectivity index (χ1) is 14.2. The van der Waals surface area contributed by atoms with Gasteiger partial charge >= 0.3 is 0 Å². The number of nitrogens with zero attached hydrogens (tertiary/aromatic N) is 2. The quantitative estimate of drug-likeness (QED) is 0.312. The number of carbonyl (C=O) groups is 2. The van der Waals surface area contributed by atoms with Crippen LogP contribution in [0.3, 0.4) is 0 Å². The Labute approximate surface area is 196 Å². The van der Waals surface area contributed by atoms with Crippen molar-refractivity contribution in [2.75, 3.05) is 21.2 Å². The minimum absolute atomic E-state index is 0.0138. The molecule has 1 saturated heterocycles. The largest absolute Gasteiger partial charge is 0.493 e. The lowest BCUT2D eigenvalue weighted by molar-refractivity contribution is -0.132. The molecule has 1 heterocycles. The highest BCUT2D eigenvalue weighted by Crippen LogP contribution is 2.35. The van der Waals surface area contributed by atoms with E-state index in [1.807, 2.05) is 24.3 Å². The van der Waals surface area contributed by atoms with E-state index in [0.29, 0.717) is 28.1 Å². The van der Waals surface area contributed by atoms with Gasteiger partial charge in [0.15, 0.2) is 16.6 Å². The Morgan fingerprint density at radius 1 is 1.00 bits per heavy atom. The number of carbonyl (C=O) groups excluding carboxylic acids is 2. The van der Waals surface area contributed by atoms with Crippen molar-refractivity contribution in [3.8, 4) is 11.5 Å². The maximum atomic E-state index is 12.6. The Morgan fingerprint density at radius 2 is 1.60 bits per heavy atom. The predicted octanol–water partition coefficient (Wildman–Crippen LogP) is 4.40. The van der Waals surface area contributed by atoms with Crippen molar-refractivity contribution in [2.24, 2.45) is 0 Å². The van der Waals surface area contributed by atoms with Gasteiger partial charge in [-0.3, -0.25) is 19.4 Å². The minimum Gasteiger partial charge on any atom is -0.493 e. The molecule has 0 saturated carbocycles. The van der Waals surface area contributed by atoms with Crippen LogP contribution in [0.5, 0.6) is 11.5 Å². The van der Waals surface area contributed by atoms with E-state index in [1.54, 1.807) is 12.1 Å². The van der Waals surface area contributed by atoms with Crippen molar-refractivity contribution in [1.82, 2.24) is 9.80 Å². The summed E-state index contributed by atoms with van der Waals surface area (Å²) in [6.07, 6.45) is 1.52. The highest BCUT2D eigenvalue weighted by molar-refractivity contribution is 9.10. The summed E-state index contributed by atoms with van der Waals surface area (Å²) in [5.41, 5.74) is 1.62. The van der Waals surface area contributed by atoms with E-state index in [0.717, 1.165) is 10.0 Å². The van der Waals surface area contributed by atoms with Gasteiger partial charge in [-0.25, -0.2) is 0 Å². The van der Waals surface area contributed by atoms with Gasteiger partial charge in [-0.1, -0.05) is 44.0 Å². The van der Waals surface area contributed by atoms with Gasteiger partial charge in [0.2, 0.25) is 0 Å². The molecule has 0 aromatic heterocycles. The summed E-state index contributed by atoms with van der Waals surface area (Å²) in [6, 6.07) is 11.3. The number of likely N-dealkylation sites (N-methyl/N-ethyl adjacent to an activating group) is 2. The van der Waals surface area contributed by atoms with Gasteiger partial charge in [0, 0.05) is 23.0 Å². The van der Waals surface area contributed by atoms with Gasteiger partial charge < -0.3 is 9.47 Å². The third kappa shape index (κ3) is 4.58. The van der Waals surface area contributed by atoms with Crippen LogP contribution < -0.4 is 9.47 Å². The lowest BCUT2D eigenvalue weighted by Gasteiger charge is -2.31. The van der Waals surface area contributed by atoms with Gasteiger partial charge in [0.05, 0.1) is 7.11 Å². The topological polar surface area (TPSA) is 59.1 Å². The van der Waals surface area contributed by atoms with Crippen molar-refractivity contribution >= 4 is 67.1 Å². The molecule has 0 bridgehead atoms. The molecule has 2 aromatic carbocycles. The van der Waals surface area contributed by atoms with Crippen LogP contribution in [-0.4, -0.2) is 47.9 Å². The van der Waals surface area contributed by atoms with Crippen LogP contribution in [0.25, 0.3) is 6.08 Å². The van der Waals surface area contributed by atoms with Crippen LogP contribution in [0.1, 0.15) is 11.1 Å². The fourth-order valence-corrected chi connectivity index (χ4v) is 3.67. The summed E-state index contributed by atoms with van der Waals surface area (Å²) in [5, 5.41) is 0.162. The van der Waals surface area contributed by atoms with E-state index in [1.165, 1.54) is 37.1 Å². The van der Waals surface area contributed by atoms with E-state index in [9.17, 15) is 9.59 Å². The second-order valence-electron chi connectivity index (χ2n) is 6.51. The van der Waals surface area contributed by atoms with Crippen LogP contribution in [-0.2, 0) is 16.2 Å². The van der Waals surface area contributed by atoms with Crippen LogP contribution >= 0.6 is 44.1 Å². The summed E-state index contributed by atoms with van der Waals surface area (Å²) in [4.78, 5) is 27.7. The molecule has 0 spiro atoms. The zero-order chi connectivity index (χ0) is 22.0. The first-order valence-corrected chi connectivity index (χ1v) is 10.8. The molecule has 0 radical (unpaired) electrons. The molecule has 1 aliphatic rings. The molecule has 156 valence electrons. The molecule has 0 atom stereocenters. The number of hydrogen-bond donors (Lipinski definition) is 0. The first-order valence-electron chi connectivity index (χ1n) is 8.79. The van der Waals surface area contributed by atoms with E-state index in [2.05, 4.69) is 31.9 Å².